The topological polar surface area (TPSA) is 54.0 Å². The van der Waals surface area contributed by atoms with Gasteiger partial charge in [0, 0.05) is 6.42 Å². The molecule has 0 radical (unpaired) electrons. The maximum atomic E-state index is 11.4. The molecule has 1 aliphatic rings. The van der Waals surface area contributed by atoms with Crippen molar-refractivity contribution < 1.29 is 23.7 Å². The van der Waals surface area contributed by atoms with E-state index in [9.17, 15) is 4.79 Å². The first-order valence-electron chi connectivity index (χ1n) is 6.51. The van der Waals surface area contributed by atoms with Crippen LogP contribution in [0.4, 0.5) is 0 Å². The maximum absolute atomic E-state index is 11.4. The molecule has 1 aromatic rings. The first kappa shape index (κ1) is 15.0. The number of cyclic esters (lactones) is 1. The van der Waals surface area contributed by atoms with Crippen molar-refractivity contribution >= 4 is 12.0 Å². The molecule has 1 aromatic carbocycles. The number of carbonyl (C=O) groups is 1. The normalized spacial score (nSPS) is 18.1. The van der Waals surface area contributed by atoms with Gasteiger partial charge in [0.25, 0.3) is 0 Å². The van der Waals surface area contributed by atoms with Gasteiger partial charge in [0.15, 0.2) is 11.5 Å². The van der Waals surface area contributed by atoms with E-state index >= 15 is 0 Å². The Morgan fingerprint density at radius 3 is 2.57 bits per heavy atom. The van der Waals surface area contributed by atoms with Crippen molar-refractivity contribution in [2.75, 3.05) is 21.3 Å². The van der Waals surface area contributed by atoms with Crippen LogP contribution in [0.5, 0.6) is 11.5 Å². The third-order valence-electron chi connectivity index (χ3n) is 3.12. The standard InChI is InChI=1S/C16H18O5/c1-18-13-9-12(21-16(17)10-13)6-4-11-5-7-14(19-2)15(8-11)20-3/h4-8,10,12H,9H2,1-3H3/b6-4-/t12-/m0/s1. The molecule has 0 fully saturated rings. The van der Waals surface area contributed by atoms with Gasteiger partial charge in [-0.25, -0.2) is 4.79 Å². The van der Waals surface area contributed by atoms with Gasteiger partial charge in [-0.05, 0) is 23.8 Å². The number of carbonyl (C=O) groups excluding carboxylic acids is 1. The van der Waals surface area contributed by atoms with E-state index in [1.807, 2.05) is 30.4 Å². The summed E-state index contributed by atoms with van der Waals surface area (Å²) in [6, 6.07) is 5.58. The predicted molar refractivity (Wildman–Crippen MR) is 78.2 cm³/mol. The number of hydrogen-bond donors (Lipinski definition) is 0. The van der Waals surface area contributed by atoms with Crippen LogP contribution in [0, 0.1) is 0 Å². The smallest absolute Gasteiger partial charge is 0.334 e. The highest BCUT2D eigenvalue weighted by atomic mass is 16.5. The summed E-state index contributed by atoms with van der Waals surface area (Å²) in [4.78, 5) is 11.4. The molecule has 0 amide bonds. The Morgan fingerprint density at radius 2 is 1.90 bits per heavy atom. The van der Waals surface area contributed by atoms with E-state index in [0.29, 0.717) is 23.7 Å². The number of methoxy groups -OCH3 is 3. The number of esters is 1. The zero-order chi connectivity index (χ0) is 15.2. The van der Waals surface area contributed by atoms with Crippen LogP contribution in [-0.4, -0.2) is 33.4 Å². The largest absolute Gasteiger partial charge is 0.501 e. The molecule has 5 nitrogen and oxygen atoms in total. The highest BCUT2D eigenvalue weighted by molar-refractivity contribution is 5.83. The van der Waals surface area contributed by atoms with Gasteiger partial charge in [-0.15, -0.1) is 0 Å². The summed E-state index contributed by atoms with van der Waals surface area (Å²) >= 11 is 0. The molecule has 1 heterocycles. The molecule has 0 aliphatic carbocycles. The van der Waals surface area contributed by atoms with E-state index in [-0.39, 0.29) is 12.1 Å². The van der Waals surface area contributed by atoms with Crippen molar-refractivity contribution in [2.45, 2.75) is 12.5 Å². The van der Waals surface area contributed by atoms with E-state index in [1.165, 1.54) is 6.08 Å². The predicted octanol–water partition coefficient (Wildman–Crippen LogP) is 2.56. The van der Waals surface area contributed by atoms with Crippen molar-refractivity contribution in [3.8, 4) is 11.5 Å². The van der Waals surface area contributed by atoms with Gasteiger partial charge in [-0.1, -0.05) is 12.1 Å². The monoisotopic (exact) mass is 290 g/mol. The molecule has 2 rings (SSSR count). The minimum atomic E-state index is -0.389. The lowest BCUT2D eigenvalue weighted by Gasteiger charge is -2.19. The Labute approximate surface area is 123 Å². The summed E-state index contributed by atoms with van der Waals surface area (Å²) in [7, 11) is 4.72. The Balaban J connectivity index is 2.11. The lowest BCUT2D eigenvalue weighted by molar-refractivity contribution is -0.142. The van der Waals surface area contributed by atoms with Gasteiger partial charge in [0.05, 0.1) is 27.4 Å². The lowest BCUT2D eigenvalue weighted by Crippen LogP contribution is -2.21. The summed E-state index contributed by atoms with van der Waals surface area (Å²) in [5.74, 6) is 1.55. The fraction of sp³-hybridized carbons (Fsp3) is 0.312. The summed E-state index contributed by atoms with van der Waals surface area (Å²) in [6.45, 7) is 0. The van der Waals surface area contributed by atoms with Gasteiger partial charge in [0.2, 0.25) is 0 Å². The van der Waals surface area contributed by atoms with Crippen LogP contribution < -0.4 is 9.47 Å². The fourth-order valence-corrected chi connectivity index (χ4v) is 2.04. The first-order chi connectivity index (χ1) is 10.2. The maximum Gasteiger partial charge on any atom is 0.334 e. The molecule has 5 heteroatoms. The van der Waals surface area contributed by atoms with Crippen molar-refractivity contribution in [3.05, 3.63) is 41.7 Å². The van der Waals surface area contributed by atoms with Crippen molar-refractivity contribution in [1.29, 1.82) is 0 Å². The highest BCUT2D eigenvalue weighted by Crippen LogP contribution is 2.28. The Morgan fingerprint density at radius 1 is 1.14 bits per heavy atom. The van der Waals surface area contributed by atoms with Crippen LogP contribution in [0.1, 0.15) is 12.0 Å². The lowest BCUT2D eigenvalue weighted by atomic mass is 10.1. The average molecular weight is 290 g/mol. The molecule has 0 saturated carbocycles. The minimum Gasteiger partial charge on any atom is -0.501 e. The summed E-state index contributed by atoms with van der Waals surface area (Å²) in [6.07, 6.45) is 5.27. The molecule has 0 saturated heterocycles. The van der Waals surface area contributed by atoms with E-state index in [0.717, 1.165) is 5.56 Å². The van der Waals surface area contributed by atoms with Crippen LogP contribution in [0.15, 0.2) is 36.1 Å². The van der Waals surface area contributed by atoms with Gasteiger partial charge in [-0.2, -0.15) is 0 Å². The molecule has 1 atom stereocenters. The number of benzene rings is 1. The zero-order valence-corrected chi connectivity index (χ0v) is 12.3. The molecular weight excluding hydrogens is 272 g/mol. The Hall–Kier alpha value is -2.43. The summed E-state index contributed by atoms with van der Waals surface area (Å²) < 4.78 is 20.7. The van der Waals surface area contributed by atoms with Crippen LogP contribution in [0.3, 0.4) is 0 Å². The molecule has 0 spiro atoms. The number of hydrogen-bond acceptors (Lipinski definition) is 5. The van der Waals surface area contributed by atoms with Gasteiger partial charge in [-0.3, -0.25) is 0 Å². The molecule has 0 aromatic heterocycles. The van der Waals surface area contributed by atoms with Crippen molar-refractivity contribution in [2.24, 2.45) is 0 Å². The molecular formula is C16H18O5. The van der Waals surface area contributed by atoms with E-state index in [1.54, 1.807) is 21.3 Å². The van der Waals surface area contributed by atoms with Crippen LogP contribution >= 0.6 is 0 Å². The second-order valence-electron chi connectivity index (χ2n) is 4.47. The van der Waals surface area contributed by atoms with Crippen LogP contribution in [-0.2, 0) is 14.3 Å². The zero-order valence-electron chi connectivity index (χ0n) is 12.3. The first-order valence-corrected chi connectivity index (χ1v) is 6.51. The van der Waals surface area contributed by atoms with Gasteiger partial charge in [0.1, 0.15) is 11.9 Å². The third-order valence-corrected chi connectivity index (χ3v) is 3.12. The second kappa shape index (κ2) is 6.83. The third kappa shape index (κ3) is 3.78. The molecule has 1 aliphatic heterocycles. The van der Waals surface area contributed by atoms with Crippen LogP contribution in [0.2, 0.25) is 0 Å². The molecule has 112 valence electrons. The molecule has 0 bridgehead atoms. The van der Waals surface area contributed by atoms with Crippen molar-refractivity contribution in [1.82, 2.24) is 0 Å². The molecule has 0 unspecified atom stereocenters. The average Bonchev–Trinajstić information content (AvgIpc) is 2.52. The van der Waals surface area contributed by atoms with Crippen molar-refractivity contribution in [3.63, 3.8) is 0 Å². The van der Waals surface area contributed by atoms with E-state index in [4.69, 9.17) is 18.9 Å². The van der Waals surface area contributed by atoms with E-state index in [2.05, 4.69) is 0 Å². The van der Waals surface area contributed by atoms with E-state index < -0.39 is 0 Å². The minimum absolute atomic E-state index is 0.328. The van der Waals surface area contributed by atoms with Gasteiger partial charge < -0.3 is 18.9 Å². The highest BCUT2D eigenvalue weighted by Gasteiger charge is 2.19. The Kier molecular flexibility index (Phi) is 4.87. The molecule has 0 N–H and O–H groups in total. The van der Waals surface area contributed by atoms with Gasteiger partial charge >= 0.3 is 5.97 Å². The Bertz CT molecular complexity index is 574. The number of ether oxygens (including phenoxy) is 4. The molecule has 21 heavy (non-hydrogen) atoms. The van der Waals surface area contributed by atoms with Crippen LogP contribution in [0.25, 0.3) is 6.08 Å². The fourth-order valence-electron chi connectivity index (χ4n) is 2.04. The SMILES string of the molecule is COC1=CC(=O)O[C@@H](/C=C\c2ccc(OC)c(OC)c2)C1. The second-order valence-corrected chi connectivity index (χ2v) is 4.47. The quantitative estimate of drug-likeness (QED) is 0.780. The number of rotatable bonds is 5. The summed E-state index contributed by atoms with van der Waals surface area (Å²) in [5.41, 5.74) is 0.928. The summed E-state index contributed by atoms with van der Waals surface area (Å²) in [5, 5.41) is 0.